The lowest BCUT2D eigenvalue weighted by molar-refractivity contribution is -0.296. The fourth-order valence-corrected chi connectivity index (χ4v) is 7.28. The topological polar surface area (TPSA) is 47.9 Å². The summed E-state index contributed by atoms with van der Waals surface area (Å²) >= 11 is 0. The van der Waals surface area contributed by atoms with E-state index in [0.29, 0.717) is 18.9 Å². The van der Waals surface area contributed by atoms with Crippen molar-refractivity contribution in [2.45, 2.75) is 82.3 Å². The first-order valence-electron chi connectivity index (χ1n) is 11.0. The van der Waals surface area contributed by atoms with E-state index in [1.54, 1.807) is 0 Å². The van der Waals surface area contributed by atoms with Gasteiger partial charge in [0.2, 0.25) is 0 Å². The van der Waals surface area contributed by atoms with Crippen molar-refractivity contribution in [1.82, 2.24) is 0 Å². The highest BCUT2D eigenvalue weighted by molar-refractivity contribution is 6.69. The predicted molar refractivity (Wildman–Crippen MR) is 117 cm³/mol. The number of benzene rings is 1. The summed E-state index contributed by atoms with van der Waals surface area (Å²) < 4.78 is 19.7. The van der Waals surface area contributed by atoms with Gasteiger partial charge >= 0.3 is 0 Å². The molecule has 0 saturated heterocycles. The van der Waals surface area contributed by atoms with Crippen LogP contribution in [0.5, 0.6) is 0 Å². The SMILES string of the molecule is CO[C@]12CC[C@H]([C@@H](OCc3ccccc3)C1)[C@H](O[Si](C)(C)C)[C@]21CC=CC[C@H]1O. The highest BCUT2D eigenvalue weighted by atomic mass is 28.4. The molecule has 4 nitrogen and oxygen atoms in total. The summed E-state index contributed by atoms with van der Waals surface area (Å²) in [5.74, 6) is 0.295. The number of rotatable bonds is 6. The lowest BCUT2D eigenvalue weighted by Gasteiger charge is -2.67. The van der Waals surface area contributed by atoms with Crippen LogP contribution < -0.4 is 0 Å². The monoisotopic (exact) mass is 416 g/mol. The van der Waals surface area contributed by atoms with Crippen molar-refractivity contribution in [2.24, 2.45) is 11.3 Å². The van der Waals surface area contributed by atoms with Crippen molar-refractivity contribution in [3.8, 4) is 0 Å². The smallest absolute Gasteiger partial charge is 0.184 e. The fourth-order valence-electron chi connectivity index (χ4n) is 6.13. The molecule has 0 unspecified atom stereocenters. The van der Waals surface area contributed by atoms with Gasteiger partial charge in [-0.1, -0.05) is 42.5 Å². The van der Waals surface area contributed by atoms with E-state index in [0.717, 1.165) is 25.7 Å². The molecule has 1 N–H and O–H groups in total. The van der Waals surface area contributed by atoms with Crippen molar-refractivity contribution in [2.75, 3.05) is 7.11 Å². The Labute approximate surface area is 176 Å². The van der Waals surface area contributed by atoms with Crippen LogP contribution in [0.4, 0.5) is 0 Å². The molecule has 3 fully saturated rings. The molecular weight excluding hydrogens is 380 g/mol. The first-order valence-corrected chi connectivity index (χ1v) is 14.4. The summed E-state index contributed by atoms with van der Waals surface area (Å²) in [4.78, 5) is 0. The molecule has 160 valence electrons. The van der Waals surface area contributed by atoms with Gasteiger partial charge in [0.25, 0.3) is 0 Å². The summed E-state index contributed by atoms with van der Waals surface area (Å²) in [6.07, 6.45) is 8.29. The van der Waals surface area contributed by atoms with Gasteiger partial charge in [-0.2, -0.15) is 0 Å². The molecule has 1 aromatic carbocycles. The number of ether oxygens (including phenoxy) is 2. The largest absolute Gasteiger partial charge is 0.414 e. The minimum atomic E-state index is -1.83. The average molecular weight is 417 g/mol. The third-order valence-electron chi connectivity index (χ3n) is 7.39. The zero-order valence-electron chi connectivity index (χ0n) is 18.3. The minimum Gasteiger partial charge on any atom is -0.414 e. The number of methoxy groups -OCH3 is 1. The average Bonchev–Trinajstić information content (AvgIpc) is 2.71. The Balaban J connectivity index is 1.67. The van der Waals surface area contributed by atoms with E-state index in [2.05, 4.69) is 56.1 Å². The van der Waals surface area contributed by atoms with E-state index >= 15 is 0 Å². The first kappa shape index (κ1) is 21.3. The van der Waals surface area contributed by atoms with Gasteiger partial charge in [0, 0.05) is 19.4 Å². The molecule has 29 heavy (non-hydrogen) atoms. The quantitative estimate of drug-likeness (QED) is 0.540. The maximum Gasteiger partial charge on any atom is 0.184 e. The number of hydrogen-bond acceptors (Lipinski definition) is 4. The summed E-state index contributed by atoms with van der Waals surface area (Å²) in [5, 5.41) is 11.3. The zero-order valence-corrected chi connectivity index (χ0v) is 19.3. The van der Waals surface area contributed by atoms with Gasteiger partial charge < -0.3 is 19.0 Å². The van der Waals surface area contributed by atoms with Gasteiger partial charge in [0.05, 0.1) is 35.9 Å². The summed E-state index contributed by atoms with van der Waals surface area (Å²) in [7, 11) is -0.0125. The Morgan fingerprint density at radius 3 is 2.55 bits per heavy atom. The van der Waals surface area contributed by atoms with Gasteiger partial charge in [0.1, 0.15) is 0 Å². The molecule has 6 atom stereocenters. The van der Waals surface area contributed by atoms with Crippen LogP contribution in [0.15, 0.2) is 42.5 Å². The number of allylic oxidation sites excluding steroid dienone is 1. The molecule has 2 bridgehead atoms. The van der Waals surface area contributed by atoms with Crippen LogP contribution in [-0.2, 0) is 20.5 Å². The second-order valence-electron chi connectivity index (χ2n) is 10.1. The van der Waals surface area contributed by atoms with Gasteiger partial charge in [0.15, 0.2) is 8.32 Å². The first-order chi connectivity index (χ1) is 13.8. The molecule has 0 radical (unpaired) electrons. The molecule has 0 amide bonds. The molecule has 4 aliphatic carbocycles. The third-order valence-corrected chi connectivity index (χ3v) is 8.35. The van der Waals surface area contributed by atoms with Gasteiger partial charge in [-0.05, 0) is 50.9 Å². The van der Waals surface area contributed by atoms with Gasteiger partial charge in [-0.15, -0.1) is 0 Å². The van der Waals surface area contributed by atoms with E-state index in [-0.39, 0.29) is 17.6 Å². The number of aliphatic hydroxyl groups excluding tert-OH is 1. The molecule has 1 spiro atoms. The molecule has 3 saturated carbocycles. The normalized spacial score (nSPS) is 39.2. The van der Waals surface area contributed by atoms with Crippen LogP contribution in [-0.4, -0.2) is 44.4 Å². The lowest BCUT2D eigenvalue weighted by atomic mass is 9.46. The second-order valence-corrected chi connectivity index (χ2v) is 14.5. The maximum atomic E-state index is 11.3. The molecule has 4 aliphatic rings. The molecule has 0 aliphatic heterocycles. The predicted octanol–water partition coefficient (Wildman–Crippen LogP) is 4.69. The minimum absolute atomic E-state index is 0.0302. The molecule has 5 heteroatoms. The van der Waals surface area contributed by atoms with Crippen LogP contribution in [0.25, 0.3) is 0 Å². The number of fused-ring (bicyclic) bond motifs is 2. The second kappa shape index (κ2) is 7.93. The summed E-state index contributed by atoms with van der Waals surface area (Å²) in [6.45, 7) is 7.34. The van der Waals surface area contributed by atoms with Crippen LogP contribution in [0, 0.1) is 11.3 Å². The van der Waals surface area contributed by atoms with Crippen molar-refractivity contribution in [1.29, 1.82) is 0 Å². The zero-order chi connectivity index (χ0) is 20.7. The van der Waals surface area contributed by atoms with Crippen molar-refractivity contribution in [3.63, 3.8) is 0 Å². The van der Waals surface area contributed by atoms with Crippen LogP contribution in [0.2, 0.25) is 19.6 Å². The molecule has 5 rings (SSSR count). The molecule has 1 aromatic rings. The van der Waals surface area contributed by atoms with Crippen LogP contribution >= 0.6 is 0 Å². The lowest BCUT2D eigenvalue weighted by Crippen LogP contribution is -2.74. The number of hydrogen-bond donors (Lipinski definition) is 1. The molecule has 0 heterocycles. The van der Waals surface area contributed by atoms with E-state index < -0.39 is 20.0 Å². The van der Waals surface area contributed by atoms with E-state index in [1.165, 1.54) is 5.56 Å². The van der Waals surface area contributed by atoms with Crippen molar-refractivity contribution in [3.05, 3.63) is 48.0 Å². The van der Waals surface area contributed by atoms with E-state index in [1.807, 2.05) is 13.2 Å². The third kappa shape index (κ3) is 3.65. The van der Waals surface area contributed by atoms with Crippen molar-refractivity contribution < 1.29 is 19.0 Å². The Morgan fingerprint density at radius 2 is 1.90 bits per heavy atom. The Bertz CT molecular complexity index is 730. The Kier molecular flexibility index (Phi) is 5.81. The number of aliphatic hydroxyl groups is 1. The summed E-state index contributed by atoms with van der Waals surface area (Å²) in [6, 6.07) is 10.4. The fraction of sp³-hybridized carbons (Fsp3) is 0.667. The highest BCUT2D eigenvalue weighted by Crippen LogP contribution is 2.63. The van der Waals surface area contributed by atoms with E-state index in [9.17, 15) is 5.11 Å². The van der Waals surface area contributed by atoms with Gasteiger partial charge in [-0.25, -0.2) is 0 Å². The Morgan fingerprint density at radius 1 is 1.14 bits per heavy atom. The maximum absolute atomic E-state index is 11.3. The molecule has 0 aromatic heterocycles. The standard InChI is InChI=1S/C24H36O4Si/c1-26-23-15-13-19(20(16-23)27-17-18-10-6-5-7-11-18)22(28-29(2,3)4)24(23)14-9-8-12-21(24)25/h5-11,19-22,25H,12-17H2,1-4H3/t19-,20+,21-,22+,23-,24-/m1/s1. The van der Waals surface area contributed by atoms with Crippen LogP contribution in [0.1, 0.15) is 37.7 Å². The molecular formula is C24H36O4Si. The summed E-state index contributed by atoms with van der Waals surface area (Å²) in [5.41, 5.74) is 0.405. The van der Waals surface area contributed by atoms with E-state index in [4.69, 9.17) is 13.9 Å². The highest BCUT2D eigenvalue weighted by Gasteiger charge is 2.70. The van der Waals surface area contributed by atoms with Crippen molar-refractivity contribution >= 4 is 8.32 Å². The Hall–Kier alpha value is -0.983. The van der Waals surface area contributed by atoms with Crippen LogP contribution in [0.3, 0.4) is 0 Å². The van der Waals surface area contributed by atoms with Gasteiger partial charge in [-0.3, -0.25) is 0 Å².